The molecule has 0 aromatic heterocycles. The lowest BCUT2D eigenvalue weighted by atomic mass is 9.56. The van der Waals surface area contributed by atoms with Crippen molar-refractivity contribution in [1.29, 1.82) is 0 Å². The molecule has 9 nitrogen and oxygen atoms in total. The molecule has 0 spiro atoms. The molecule has 3 aliphatic carbocycles. The molecule has 5 atom stereocenters. The van der Waals surface area contributed by atoms with Crippen molar-refractivity contribution in [2.24, 2.45) is 23.5 Å². The summed E-state index contributed by atoms with van der Waals surface area (Å²) in [6, 6.07) is 10.2. The van der Waals surface area contributed by atoms with Gasteiger partial charge in [-0.15, -0.1) is 0 Å². The van der Waals surface area contributed by atoms with E-state index in [2.05, 4.69) is 0 Å². The molecule has 2 saturated carbocycles. The van der Waals surface area contributed by atoms with Gasteiger partial charge in [0.05, 0.1) is 18.3 Å². The topological polar surface area (TPSA) is 178 Å². The van der Waals surface area contributed by atoms with Gasteiger partial charge in [0.25, 0.3) is 0 Å². The van der Waals surface area contributed by atoms with Crippen molar-refractivity contribution in [1.82, 2.24) is 0 Å². The fourth-order valence-electron chi connectivity index (χ4n) is 5.99. The van der Waals surface area contributed by atoms with Crippen LogP contribution in [0.15, 0.2) is 42.0 Å². The summed E-state index contributed by atoms with van der Waals surface area (Å²) in [5.74, 6) is -7.37. The number of rotatable bonds is 3. The van der Waals surface area contributed by atoms with E-state index >= 15 is 0 Å². The first kappa shape index (κ1) is 23.2. The van der Waals surface area contributed by atoms with E-state index in [1.165, 1.54) is 6.07 Å². The van der Waals surface area contributed by atoms with Crippen molar-refractivity contribution in [3.8, 4) is 16.9 Å². The van der Waals surface area contributed by atoms with Crippen LogP contribution in [-0.4, -0.2) is 54.7 Å². The van der Waals surface area contributed by atoms with E-state index in [1.54, 1.807) is 30.3 Å². The SMILES string of the molecule is NC(=O)C1C(=O)[C@@]2(O)C(=O)C3=C(O)c4c(O)ccc(-c5ccc(CO)cc5)c4C[C@H]3C[C@H]2CC1O. The summed E-state index contributed by atoms with van der Waals surface area (Å²) >= 11 is 0. The maximum absolute atomic E-state index is 13.5. The molecule has 2 fully saturated rings. The monoisotopic (exact) mass is 479 g/mol. The zero-order valence-electron chi connectivity index (χ0n) is 18.6. The van der Waals surface area contributed by atoms with Crippen LogP contribution in [0.5, 0.6) is 5.75 Å². The number of benzene rings is 2. The molecule has 0 radical (unpaired) electrons. The number of phenols is 1. The largest absolute Gasteiger partial charge is 0.507 e. The third-order valence-corrected chi connectivity index (χ3v) is 7.72. The molecule has 2 unspecified atom stereocenters. The van der Waals surface area contributed by atoms with E-state index in [-0.39, 0.29) is 42.8 Å². The van der Waals surface area contributed by atoms with Crippen LogP contribution < -0.4 is 5.73 Å². The molecule has 35 heavy (non-hydrogen) atoms. The summed E-state index contributed by atoms with van der Waals surface area (Å²) < 4.78 is 0. The Morgan fingerprint density at radius 2 is 1.74 bits per heavy atom. The molecule has 1 amide bonds. The molecule has 0 bridgehead atoms. The molecular weight excluding hydrogens is 454 g/mol. The van der Waals surface area contributed by atoms with Gasteiger partial charge in [0, 0.05) is 11.5 Å². The molecule has 182 valence electrons. The Kier molecular flexibility index (Phi) is 5.32. The van der Waals surface area contributed by atoms with Gasteiger partial charge < -0.3 is 31.3 Å². The molecule has 2 aromatic carbocycles. The highest BCUT2D eigenvalue weighted by atomic mass is 16.3. The summed E-state index contributed by atoms with van der Waals surface area (Å²) in [6.45, 7) is -0.115. The van der Waals surface area contributed by atoms with Gasteiger partial charge in [0.15, 0.2) is 11.4 Å². The average molecular weight is 479 g/mol. The van der Waals surface area contributed by atoms with Gasteiger partial charge in [-0.1, -0.05) is 30.3 Å². The standard InChI is InChI=1S/C26H25NO8/c27-25(34)21-18(30)9-14-7-13-8-16-15(12-3-1-11(10-28)2-4-12)5-6-17(29)20(16)22(31)19(13)23(32)26(14,35)24(21)33/h1-6,13-14,18,21,28-31,35H,7-10H2,(H2,27,34)/t13-,14+,18?,21?,26+/m1/s1. The number of hydrogen-bond donors (Lipinski definition) is 6. The van der Waals surface area contributed by atoms with Crippen molar-refractivity contribution < 1.29 is 39.9 Å². The minimum atomic E-state index is -2.59. The second-order valence-corrected chi connectivity index (χ2v) is 9.58. The second kappa shape index (κ2) is 8.01. The molecule has 0 aliphatic heterocycles. The molecule has 9 heteroatoms. The Morgan fingerprint density at radius 1 is 1.06 bits per heavy atom. The van der Waals surface area contributed by atoms with Gasteiger partial charge in [-0.05, 0) is 53.5 Å². The van der Waals surface area contributed by atoms with Crippen molar-refractivity contribution in [2.45, 2.75) is 37.6 Å². The molecule has 3 aliphatic rings. The molecule has 5 rings (SSSR count). The van der Waals surface area contributed by atoms with E-state index in [4.69, 9.17) is 5.73 Å². The van der Waals surface area contributed by atoms with Crippen molar-refractivity contribution >= 4 is 23.2 Å². The quantitative estimate of drug-likeness (QED) is 0.349. The van der Waals surface area contributed by atoms with Crippen molar-refractivity contribution in [3.63, 3.8) is 0 Å². The Hall–Kier alpha value is -3.53. The first-order valence-corrected chi connectivity index (χ1v) is 11.4. The van der Waals surface area contributed by atoms with E-state index in [1.807, 2.05) is 0 Å². The van der Waals surface area contributed by atoms with Gasteiger partial charge in [0.1, 0.15) is 17.4 Å². The normalized spacial score (nSPS) is 29.9. The van der Waals surface area contributed by atoms with E-state index < -0.39 is 52.7 Å². The number of aliphatic hydroxyl groups is 4. The third kappa shape index (κ3) is 3.23. The second-order valence-electron chi connectivity index (χ2n) is 9.58. The first-order valence-electron chi connectivity index (χ1n) is 11.4. The highest BCUT2D eigenvalue weighted by Gasteiger charge is 2.63. The number of aromatic hydroxyl groups is 1. The zero-order chi connectivity index (χ0) is 25.2. The van der Waals surface area contributed by atoms with Gasteiger partial charge in [-0.2, -0.15) is 0 Å². The third-order valence-electron chi connectivity index (χ3n) is 7.72. The van der Waals surface area contributed by atoms with Crippen LogP contribution in [0, 0.1) is 17.8 Å². The van der Waals surface area contributed by atoms with E-state index in [9.17, 15) is 39.9 Å². The van der Waals surface area contributed by atoms with Crippen LogP contribution in [0.3, 0.4) is 0 Å². The Bertz CT molecular complexity index is 1300. The number of phenolic OH excluding ortho intramolecular Hbond substituents is 1. The van der Waals surface area contributed by atoms with E-state index in [0.29, 0.717) is 5.56 Å². The number of hydrogen-bond acceptors (Lipinski definition) is 8. The summed E-state index contributed by atoms with van der Waals surface area (Å²) in [7, 11) is 0. The van der Waals surface area contributed by atoms with Crippen LogP contribution in [0.25, 0.3) is 16.9 Å². The van der Waals surface area contributed by atoms with Crippen LogP contribution in [0.4, 0.5) is 0 Å². The fourth-order valence-corrected chi connectivity index (χ4v) is 5.99. The maximum Gasteiger partial charge on any atom is 0.230 e. The smallest absolute Gasteiger partial charge is 0.230 e. The Balaban J connectivity index is 1.65. The molecule has 0 saturated heterocycles. The minimum Gasteiger partial charge on any atom is -0.507 e. The summed E-state index contributed by atoms with van der Waals surface area (Å²) in [4.78, 5) is 38.3. The molecule has 2 aromatic rings. The highest BCUT2D eigenvalue weighted by Crippen LogP contribution is 2.52. The van der Waals surface area contributed by atoms with Crippen LogP contribution >= 0.6 is 0 Å². The van der Waals surface area contributed by atoms with Gasteiger partial charge >= 0.3 is 0 Å². The summed E-state index contributed by atoms with van der Waals surface area (Å²) in [5.41, 5.74) is 5.35. The predicted octanol–water partition coefficient (Wildman–Crippen LogP) is 0.748. The maximum atomic E-state index is 13.5. The Morgan fingerprint density at radius 3 is 2.37 bits per heavy atom. The molecule has 7 N–H and O–H groups in total. The molecule has 0 heterocycles. The lowest BCUT2D eigenvalue weighted by Gasteiger charge is -2.48. The minimum absolute atomic E-state index is 0.0464. The number of fused-ring (bicyclic) bond motifs is 3. The summed E-state index contributed by atoms with van der Waals surface area (Å²) in [6.07, 6.45) is -1.25. The number of nitrogens with two attached hydrogens (primary N) is 1. The average Bonchev–Trinajstić information content (AvgIpc) is 2.81. The highest BCUT2D eigenvalue weighted by molar-refractivity contribution is 6.24. The van der Waals surface area contributed by atoms with Gasteiger partial charge in [0.2, 0.25) is 11.7 Å². The number of aliphatic hydroxyl groups excluding tert-OH is 3. The lowest BCUT2D eigenvalue weighted by Crippen LogP contribution is -2.66. The number of amides is 1. The van der Waals surface area contributed by atoms with Crippen molar-refractivity contribution in [3.05, 3.63) is 58.7 Å². The van der Waals surface area contributed by atoms with Crippen molar-refractivity contribution in [2.75, 3.05) is 0 Å². The van der Waals surface area contributed by atoms with Gasteiger partial charge in [-0.3, -0.25) is 14.4 Å². The number of ketones is 2. The number of Topliss-reactive ketones (excluding diaryl/α,β-unsaturated/α-hetero) is 2. The first-order chi connectivity index (χ1) is 16.6. The van der Waals surface area contributed by atoms with E-state index in [0.717, 1.165) is 16.7 Å². The molecular formula is C26H25NO8. The summed E-state index contributed by atoms with van der Waals surface area (Å²) in [5, 5.41) is 52.7. The van der Waals surface area contributed by atoms with Crippen LogP contribution in [-0.2, 0) is 27.4 Å². The fraction of sp³-hybridized carbons (Fsp3) is 0.346. The number of primary amides is 1. The van der Waals surface area contributed by atoms with Gasteiger partial charge in [-0.25, -0.2) is 0 Å². The van der Waals surface area contributed by atoms with Crippen LogP contribution in [0.2, 0.25) is 0 Å². The zero-order valence-corrected chi connectivity index (χ0v) is 18.6. The predicted molar refractivity (Wildman–Crippen MR) is 123 cm³/mol. The Labute approximate surface area is 200 Å². The lowest BCUT2D eigenvalue weighted by molar-refractivity contribution is -0.174. The number of carbonyl (C=O) groups excluding carboxylic acids is 3. The van der Waals surface area contributed by atoms with Crippen LogP contribution in [0.1, 0.15) is 29.5 Å². The number of carbonyl (C=O) groups is 3.